The predicted octanol–water partition coefficient (Wildman–Crippen LogP) is 3.78. The van der Waals surface area contributed by atoms with Crippen LogP contribution in [0.3, 0.4) is 0 Å². The molecule has 7 nitrogen and oxygen atoms in total. The van der Waals surface area contributed by atoms with Gasteiger partial charge in [0.2, 0.25) is 0 Å². The first kappa shape index (κ1) is 22.2. The maximum absolute atomic E-state index is 14.2. The number of halogens is 1. The second-order valence-corrected chi connectivity index (χ2v) is 8.66. The zero-order valence-corrected chi connectivity index (χ0v) is 19.0. The summed E-state index contributed by atoms with van der Waals surface area (Å²) in [5.41, 5.74) is 1.80. The van der Waals surface area contributed by atoms with E-state index in [0.717, 1.165) is 49.7 Å². The average Bonchev–Trinajstić information content (AvgIpc) is 3.26. The van der Waals surface area contributed by atoms with Crippen LogP contribution in [0.4, 0.5) is 10.1 Å². The number of hydrogen-bond acceptors (Lipinski definition) is 6. The number of piperazine rings is 1. The minimum absolute atomic E-state index is 0.117. The fourth-order valence-electron chi connectivity index (χ4n) is 4.31. The van der Waals surface area contributed by atoms with Gasteiger partial charge in [-0.25, -0.2) is 9.07 Å². The molecule has 0 N–H and O–H groups in total. The first-order valence-corrected chi connectivity index (χ1v) is 11.2. The number of hydrogen-bond donors (Lipinski definition) is 0. The summed E-state index contributed by atoms with van der Waals surface area (Å²) in [6.07, 6.45) is 0.961. The number of methoxy groups -OCH3 is 1. The van der Waals surface area contributed by atoms with Crippen molar-refractivity contribution in [2.45, 2.75) is 32.9 Å². The molecule has 0 bridgehead atoms. The number of nitrogens with zero attached hydrogens (tertiary/aromatic N) is 6. The lowest BCUT2D eigenvalue weighted by Gasteiger charge is -2.40. The van der Waals surface area contributed by atoms with E-state index in [1.807, 2.05) is 41.1 Å². The molecule has 0 radical (unpaired) electrons. The molecule has 170 valence electrons. The lowest BCUT2D eigenvalue weighted by Crippen LogP contribution is -2.48. The fourth-order valence-corrected chi connectivity index (χ4v) is 4.31. The van der Waals surface area contributed by atoms with Gasteiger partial charge in [0.05, 0.1) is 25.4 Å². The molecule has 0 spiro atoms. The first-order valence-electron chi connectivity index (χ1n) is 11.2. The number of anilines is 1. The van der Waals surface area contributed by atoms with Gasteiger partial charge in [-0.3, -0.25) is 4.90 Å². The van der Waals surface area contributed by atoms with Crippen molar-refractivity contribution in [1.29, 1.82) is 0 Å². The summed E-state index contributed by atoms with van der Waals surface area (Å²) in [7, 11) is 1.66. The topological polar surface area (TPSA) is 59.3 Å². The van der Waals surface area contributed by atoms with Gasteiger partial charge in [0.25, 0.3) is 0 Å². The number of rotatable bonds is 8. The van der Waals surface area contributed by atoms with Crippen LogP contribution in [0, 0.1) is 11.7 Å². The van der Waals surface area contributed by atoms with Crippen LogP contribution in [-0.4, -0.2) is 58.4 Å². The van der Waals surface area contributed by atoms with Crippen molar-refractivity contribution in [2.75, 3.05) is 38.2 Å². The summed E-state index contributed by atoms with van der Waals surface area (Å²) in [4.78, 5) is 4.56. The van der Waals surface area contributed by atoms with Crippen LogP contribution in [0.5, 0.6) is 5.75 Å². The van der Waals surface area contributed by atoms with E-state index in [-0.39, 0.29) is 11.9 Å². The SMILES string of the molecule is COc1ccc(Cn2nnnc2C(CC(C)C)N2CCN(c3ccccc3F)CC2)cc1. The minimum atomic E-state index is -0.164. The Morgan fingerprint density at radius 1 is 1.00 bits per heavy atom. The predicted molar refractivity (Wildman–Crippen MR) is 122 cm³/mol. The van der Waals surface area contributed by atoms with Gasteiger partial charge < -0.3 is 9.64 Å². The van der Waals surface area contributed by atoms with E-state index < -0.39 is 0 Å². The average molecular weight is 439 g/mol. The molecular weight excluding hydrogens is 407 g/mol. The van der Waals surface area contributed by atoms with Crippen molar-refractivity contribution >= 4 is 5.69 Å². The molecule has 2 heterocycles. The first-order chi connectivity index (χ1) is 15.5. The molecule has 0 aliphatic carbocycles. The zero-order valence-electron chi connectivity index (χ0n) is 19.0. The van der Waals surface area contributed by atoms with E-state index in [0.29, 0.717) is 18.2 Å². The third-order valence-corrected chi connectivity index (χ3v) is 5.99. The van der Waals surface area contributed by atoms with Gasteiger partial charge >= 0.3 is 0 Å². The molecule has 1 fully saturated rings. The molecule has 0 saturated carbocycles. The van der Waals surface area contributed by atoms with Crippen LogP contribution < -0.4 is 9.64 Å². The second kappa shape index (κ2) is 10.1. The molecule has 1 unspecified atom stereocenters. The number of tetrazole rings is 1. The van der Waals surface area contributed by atoms with E-state index in [9.17, 15) is 4.39 Å². The van der Waals surface area contributed by atoms with Crippen LogP contribution >= 0.6 is 0 Å². The van der Waals surface area contributed by atoms with Crippen molar-refractivity contribution in [1.82, 2.24) is 25.1 Å². The summed E-state index contributed by atoms with van der Waals surface area (Å²) >= 11 is 0. The Morgan fingerprint density at radius 3 is 2.38 bits per heavy atom. The zero-order chi connectivity index (χ0) is 22.5. The summed E-state index contributed by atoms with van der Waals surface area (Å²) in [6.45, 7) is 8.27. The van der Waals surface area contributed by atoms with Crippen molar-refractivity contribution in [3.05, 3.63) is 65.7 Å². The van der Waals surface area contributed by atoms with Gasteiger partial charge in [-0.15, -0.1) is 5.10 Å². The van der Waals surface area contributed by atoms with E-state index >= 15 is 0 Å². The van der Waals surface area contributed by atoms with Gasteiger partial charge in [0, 0.05) is 26.2 Å². The van der Waals surface area contributed by atoms with Crippen LogP contribution in [0.15, 0.2) is 48.5 Å². The Hall–Kier alpha value is -3.00. The minimum Gasteiger partial charge on any atom is -0.497 e. The lowest BCUT2D eigenvalue weighted by molar-refractivity contribution is 0.153. The Kier molecular flexibility index (Phi) is 6.99. The van der Waals surface area contributed by atoms with Gasteiger partial charge in [-0.2, -0.15) is 0 Å². The molecule has 1 aliphatic heterocycles. The molecule has 4 rings (SSSR count). The summed E-state index contributed by atoms with van der Waals surface area (Å²) in [5, 5.41) is 12.7. The highest BCUT2D eigenvalue weighted by Crippen LogP contribution is 2.29. The fraction of sp³-hybridized carbons (Fsp3) is 0.458. The van der Waals surface area contributed by atoms with Gasteiger partial charge in [0.15, 0.2) is 5.82 Å². The van der Waals surface area contributed by atoms with Gasteiger partial charge in [-0.1, -0.05) is 38.1 Å². The van der Waals surface area contributed by atoms with Gasteiger partial charge in [0.1, 0.15) is 11.6 Å². The highest BCUT2D eigenvalue weighted by molar-refractivity contribution is 5.48. The number of benzene rings is 2. The normalized spacial score (nSPS) is 15.8. The number of para-hydroxylation sites is 1. The Bertz CT molecular complexity index is 998. The molecule has 1 aliphatic rings. The summed E-state index contributed by atoms with van der Waals surface area (Å²) < 4.78 is 21.4. The molecule has 1 saturated heterocycles. The maximum atomic E-state index is 14.2. The van der Waals surface area contributed by atoms with Crippen LogP contribution in [0.1, 0.15) is 37.7 Å². The molecule has 3 aromatic rings. The molecule has 0 amide bonds. The monoisotopic (exact) mass is 438 g/mol. The molecule has 32 heavy (non-hydrogen) atoms. The third kappa shape index (κ3) is 5.07. The Labute approximate surface area is 188 Å². The molecule has 1 aromatic heterocycles. The van der Waals surface area contributed by atoms with Gasteiger partial charge in [-0.05, 0) is 52.6 Å². The standard InChI is InChI=1S/C24H31FN6O/c1-18(2)16-23(30-14-12-29(13-15-30)22-7-5-4-6-21(22)25)24-26-27-28-31(24)17-19-8-10-20(32-3)11-9-19/h4-11,18,23H,12-17H2,1-3H3. The van der Waals surface area contributed by atoms with E-state index in [1.165, 1.54) is 6.07 Å². The largest absolute Gasteiger partial charge is 0.497 e. The van der Waals surface area contributed by atoms with Crippen molar-refractivity contribution in [3.63, 3.8) is 0 Å². The van der Waals surface area contributed by atoms with Crippen LogP contribution in [0.25, 0.3) is 0 Å². The van der Waals surface area contributed by atoms with E-state index in [4.69, 9.17) is 4.74 Å². The highest BCUT2D eigenvalue weighted by atomic mass is 19.1. The third-order valence-electron chi connectivity index (χ3n) is 5.99. The van der Waals surface area contributed by atoms with Crippen molar-refractivity contribution in [3.8, 4) is 5.75 Å². The highest BCUT2D eigenvalue weighted by Gasteiger charge is 2.30. The summed E-state index contributed by atoms with van der Waals surface area (Å²) in [6, 6.07) is 15.1. The van der Waals surface area contributed by atoms with E-state index in [1.54, 1.807) is 13.2 Å². The number of aromatic nitrogens is 4. The van der Waals surface area contributed by atoms with Crippen molar-refractivity contribution < 1.29 is 9.13 Å². The number of ether oxygens (including phenoxy) is 1. The summed E-state index contributed by atoms with van der Waals surface area (Å²) in [5.74, 6) is 2.05. The van der Waals surface area contributed by atoms with Crippen LogP contribution in [0.2, 0.25) is 0 Å². The molecule has 8 heteroatoms. The smallest absolute Gasteiger partial charge is 0.168 e. The van der Waals surface area contributed by atoms with E-state index in [2.05, 4.69) is 39.2 Å². The molecule has 2 aromatic carbocycles. The lowest BCUT2D eigenvalue weighted by atomic mass is 10.0. The van der Waals surface area contributed by atoms with Crippen LogP contribution in [-0.2, 0) is 6.54 Å². The van der Waals surface area contributed by atoms with Crippen molar-refractivity contribution in [2.24, 2.45) is 5.92 Å². The molecular formula is C24H31FN6O. The Balaban J connectivity index is 1.50. The quantitative estimate of drug-likeness (QED) is 0.534. The second-order valence-electron chi connectivity index (χ2n) is 8.66. The maximum Gasteiger partial charge on any atom is 0.168 e. The Morgan fingerprint density at radius 2 is 1.72 bits per heavy atom. The molecule has 1 atom stereocenters.